The van der Waals surface area contributed by atoms with E-state index >= 15 is 0 Å². The molecule has 110 valence electrons. The molecule has 0 saturated carbocycles. The summed E-state index contributed by atoms with van der Waals surface area (Å²) in [6.07, 6.45) is 6.25. The molecule has 1 amide bonds. The zero-order valence-corrected chi connectivity index (χ0v) is 12.5. The molecular weight excluding hydrogens is 238 g/mol. The van der Waals surface area contributed by atoms with Crippen molar-refractivity contribution in [2.45, 2.75) is 58.0 Å². The van der Waals surface area contributed by atoms with Gasteiger partial charge in [0.15, 0.2) is 0 Å². The fourth-order valence-electron chi connectivity index (χ4n) is 3.27. The van der Waals surface area contributed by atoms with Crippen LogP contribution in [0, 0.1) is 5.92 Å². The molecule has 0 aromatic carbocycles. The maximum atomic E-state index is 11.8. The first-order chi connectivity index (χ1) is 9.16. The topological polar surface area (TPSA) is 44.4 Å². The zero-order valence-electron chi connectivity index (χ0n) is 12.5. The highest BCUT2D eigenvalue weighted by Crippen LogP contribution is 2.26. The Morgan fingerprint density at radius 3 is 2.89 bits per heavy atom. The average molecular weight is 267 g/mol. The Morgan fingerprint density at radius 2 is 2.11 bits per heavy atom. The Balaban J connectivity index is 1.63. The van der Waals surface area contributed by atoms with Crippen molar-refractivity contribution >= 4 is 5.91 Å². The van der Waals surface area contributed by atoms with Gasteiger partial charge in [-0.3, -0.25) is 9.69 Å². The van der Waals surface area contributed by atoms with Gasteiger partial charge in [-0.2, -0.15) is 0 Å². The predicted octanol–water partition coefficient (Wildman–Crippen LogP) is 1.37. The van der Waals surface area contributed by atoms with E-state index in [0.717, 1.165) is 13.0 Å². The Kier molecular flexibility index (Phi) is 5.64. The van der Waals surface area contributed by atoms with Crippen LogP contribution < -0.4 is 10.6 Å². The molecule has 2 N–H and O–H groups in total. The molecule has 19 heavy (non-hydrogen) atoms. The van der Waals surface area contributed by atoms with Gasteiger partial charge in [-0.15, -0.1) is 0 Å². The molecule has 0 aliphatic carbocycles. The van der Waals surface area contributed by atoms with Crippen molar-refractivity contribution in [3.63, 3.8) is 0 Å². The SMILES string of the molecule is CC(C)CCNC(=O)CNC1CCN2CCCCC12. The summed E-state index contributed by atoms with van der Waals surface area (Å²) >= 11 is 0. The minimum atomic E-state index is 0.148. The van der Waals surface area contributed by atoms with Gasteiger partial charge in [-0.25, -0.2) is 0 Å². The highest BCUT2D eigenvalue weighted by Gasteiger charge is 2.35. The third kappa shape index (κ3) is 4.46. The van der Waals surface area contributed by atoms with Gasteiger partial charge in [0.05, 0.1) is 6.54 Å². The van der Waals surface area contributed by atoms with Crippen LogP contribution in [0.3, 0.4) is 0 Å². The van der Waals surface area contributed by atoms with Crippen LogP contribution >= 0.6 is 0 Å². The lowest BCUT2D eigenvalue weighted by molar-refractivity contribution is -0.120. The quantitative estimate of drug-likeness (QED) is 0.764. The molecule has 2 rings (SSSR count). The molecule has 0 aromatic rings. The first-order valence-corrected chi connectivity index (χ1v) is 7.91. The lowest BCUT2D eigenvalue weighted by Crippen LogP contribution is -2.47. The molecule has 2 aliphatic rings. The van der Waals surface area contributed by atoms with Crippen molar-refractivity contribution in [2.75, 3.05) is 26.2 Å². The first-order valence-electron chi connectivity index (χ1n) is 7.91. The van der Waals surface area contributed by atoms with Gasteiger partial charge in [0.2, 0.25) is 5.91 Å². The second-order valence-corrected chi connectivity index (χ2v) is 6.41. The molecule has 2 heterocycles. The molecule has 4 nitrogen and oxygen atoms in total. The van der Waals surface area contributed by atoms with Crippen molar-refractivity contribution in [2.24, 2.45) is 5.92 Å². The molecule has 0 spiro atoms. The summed E-state index contributed by atoms with van der Waals surface area (Å²) in [6, 6.07) is 1.20. The van der Waals surface area contributed by atoms with Crippen LogP contribution in [0.1, 0.15) is 46.0 Å². The van der Waals surface area contributed by atoms with Gasteiger partial charge in [-0.1, -0.05) is 20.3 Å². The lowest BCUT2D eigenvalue weighted by atomic mass is 9.99. The van der Waals surface area contributed by atoms with Crippen LogP contribution in [0.5, 0.6) is 0 Å². The summed E-state index contributed by atoms with van der Waals surface area (Å²) in [7, 11) is 0. The Morgan fingerprint density at radius 1 is 1.26 bits per heavy atom. The van der Waals surface area contributed by atoms with Crippen molar-refractivity contribution in [3.8, 4) is 0 Å². The highest BCUT2D eigenvalue weighted by molar-refractivity contribution is 5.77. The third-order valence-corrected chi connectivity index (χ3v) is 4.42. The maximum Gasteiger partial charge on any atom is 0.233 e. The van der Waals surface area contributed by atoms with E-state index in [2.05, 4.69) is 29.4 Å². The number of carbonyl (C=O) groups excluding carboxylic acids is 1. The summed E-state index contributed by atoms with van der Waals surface area (Å²) in [5.41, 5.74) is 0. The zero-order chi connectivity index (χ0) is 13.7. The number of nitrogens with one attached hydrogen (secondary N) is 2. The van der Waals surface area contributed by atoms with Gasteiger partial charge in [0, 0.05) is 25.2 Å². The van der Waals surface area contributed by atoms with Crippen LogP contribution in [0.25, 0.3) is 0 Å². The first kappa shape index (κ1) is 14.8. The van der Waals surface area contributed by atoms with Gasteiger partial charge in [0.1, 0.15) is 0 Å². The largest absolute Gasteiger partial charge is 0.355 e. The molecule has 2 fully saturated rings. The van der Waals surface area contributed by atoms with Crippen molar-refractivity contribution in [3.05, 3.63) is 0 Å². The lowest BCUT2D eigenvalue weighted by Gasteiger charge is -2.32. The van der Waals surface area contributed by atoms with Gasteiger partial charge in [-0.05, 0) is 38.1 Å². The molecule has 2 aliphatic heterocycles. The van der Waals surface area contributed by atoms with Crippen molar-refractivity contribution < 1.29 is 4.79 Å². The van der Waals surface area contributed by atoms with E-state index in [9.17, 15) is 4.79 Å². The van der Waals surface area contributed by atoms with E-state index in [1.165, 1.54) is 38.8 Å². The van der Waals surface area contributed by atoms with E-state index < -0.39 is 0 Å². The number of nitrogens with zero attached hydrogens (tertiary/aromatic N) is 1. The smallest absolute Gasteiger partial charge is 0.233 e. The molecule has 2 atom stereocenters. The van der Waals surface area contributed by atoms with E-state index in [4.69, 9.17) is 0 Å². The fraction of sp³-hybridized carbons (Fsp3) is 0.933. The Bertz CT molecular complexity index is 293. The van der Waals surface area contributed by atoms with E-state index in [1.54, 1.807) is 0 Å². The molecule has 0 radical (unpaired) electrons. The van der Waals surface area contributed by atoms with Crippen LogP contribution in [0.2, 0.25) is 0 Å². The molecule has 4 heteroatoms. The summed E-state index contributed by atoms with van der Waals surface area (Å²) in [5.74, 6) is 0.800. The average Bonchev–Trinajstić information content (AvgIpc) is 2.79. The van der Waals surface area contributed by atoms with Crippen LogP contribution in [-0.4, -0.2) is 49.1 Å². The van der Waals surface area contributed by atoms with E-state index in [-0.39, 0.29) is 5.91 Å². The summed E-state index contributed by atoms with van der Waals surface area (Å²) in [4.78, 5) is 14.3. The monoisotopic (exact) mass is 267 g/mol. The normalized spacial score (nSPS) is 27.5. The maximum absolute atomic E-state index is 11.8. The minimum absolute atomic E-state index is 0.148. The standard InChI is InChI=1S/C15H29N3O/c1-12(2)6-8-16-15(19)11-17-13-7-10-18-9-4-3-5-14(13)18/h12-14,17H,3-11H2,1-2H3,(H,16,19). The number of hydrogen-bond donors (Lipinski definition) is 2. The summed E-state index contributed by atoms with van der Waals surface area (Å²) in [6.45, 7) is 8.10. The third-order valence-electron chi connectivity index (χ3n) is 4.42. The Labute approximate surface area is 117 Å². The van der Waals surface area contributed by atoms with Crippen LogP contribution in [0.4, 0.5) is 0 Å². The van der Waals surface area contributed by atoms with Crippen molar-refractivity contribution in [1.82, 2.24) is 15.5 Å². The number of fused-ring (bicyclic) bond motifs is 1. The van der Waals surface area contributed by atoms with Gasteiger partial charge >= 0.3 is 0 Å². The molecule has 2 saturated heterocycles. The molecule has 2 unspecified atom stereocenters. The number of piperidine rings is 1. The fourth-order valence-corrected chi connectivity index (χ4v) is 3.27. The second-order valence-electron chi connectivity index (χ2n) is 6.41. The number of hydrogen-bond acceptors (Lipinski definition) is 3. The molecule has 0 aromatic heterocycles. The Hall–Kier alpha value is -0.610. The number of rotatable bonds is 6. The van der Waals surface area contributed by atoms with Gasteiger partial charge < -0.3 is 10.6 Å². The number of amides is 1. The summed E-state index contributed by atoms with van der Waals surface area (Å²) in [5, 5.41) is 6.46. The van der Waals surface area contributed by atoms with Gasteiger partial charge in [0.25, 0.3) is 0 Å². The van der Waals surface area contributed by atoms with E-state index in [0.29, 0.717) is 24.5 Å². The van der Waals surface area contributed by atoms with Crippen LogP contribution in [-0.2, 0) is 4.79 Å². The molecular formula is C15H29N3O. The summed E-state index contributed by atoms with van der Waals surface area (Å²) < 4.78 is 0. The molecule has 0 bridgehead atoms. The van der Waals surface area contributed by atoms with Crippen molar-refractivity contribution in [1.29, 1.82) is 0 Å². The van der Waals surface area contributed by atoms with E-state index in [1.807, 2.05) is 0 Å². The van der Waals surface area contributed by atoms with Crippen LogP contribution in [0.15, 0.2) is 0 Å². The number of carbonyl (C=O) groups is 1. The predicted molar refractivity (Wildman–Crippen MR) is 78.1 cm³/mol. The second kappa shape index (κ2) is 7.25. The minimum Gasteiger partial charge on any atom is -0.355 e. The highest BCUT2D eigenvalue weighted by atomic mass is 16.1.